The van der Waals surface area contributed by atoms with E-state index in [-0.39, 0.29) is 12.2 Å². The summed E-state index contributed by atoms with van der Waals surface area (Å²) in [6.07, 6.45) is -1.60. The lowest BCUT2D eigenvalue weighted by atomic mass is 10.1. The van der Waals surface area contributed by atoms with Crippen LogP contribution in [0, 0.1) is 0 Å². The summed E-state index contributed by atoms with van der Waals surface area (Å²) in [6.45, 7) is 8.60. The van der Waals surface area contributed by atoms with E-state index in [1.165, 1.54) is 0 Å². The summed E-state index contributed by atoms with van der Waals surface area (Å²) < 4.78 is 17.2. The fourth-order valence-electron chi connectivity index (χ4n) is 2.99. The van der Waals surface area contributed by atoms with Crippen molar-refractivity contribution in [1.29, 1.82) is 0 Å². The molecule has 0 saturated carbocycles. The number of rotatable bonds is 2. The Balaban J connectivity index is 1.54. The van der Waals surface area contributed by atoms with Crippen molar-refractivity contribution in [3.8, 4) is 0 Å². The van der Waals surface area contributed by atoms with Crippen LogP contribution in [0.25, 0.3) is 0 Å². The van der Waals surface area contributed by atoms with Crippen LogP contribution in [0.1, 0.15) is 13.8 Å². The summed E-state index contributed by atoms with van der Waals surface area (Å²) in [4.78, 5) is 4.64. The largest absolute Gasteiger partial charge is 0.387 e. The van der Waals surface area contributed by atoms with Crippen molar-refractivity contribution in [2.75, 3.05) is 39.8 Å². The number of nitrogens with zero attached hydrogens (tertiary/aromatic N) is 2. The Kier molecular flexibility index (Phi) is 3.57. The maximum Gasteiger partial charge on any atom is 0.190 e. The summed E-state index contributed by atoms with van der Waals surface area (Å²) in [6, 6.07) is 0. The van der Waals surface area contributed by atoms with E-state index in [1.54, 1.807) is 0 Å². The molecule has 0 radical (unpaired) electrons. The zero-order valence-electron chi connectivity index (χ0n) is 11.9. The smallest absolute Gasteiger partial charge is 0.190 e. The zero-order chi connectivity index (χ0) is 13.6. The van der Waals surface area contributed by atoms with E-state index in [4.69, 9.17) is 14.2 Å². The van der Waals surface area contributed by atoms with Crippen molar-refractivity contribution in [3.63, 3.8) is 0 Å². The second-order valence-corrected chi connectivity index (χ2v) is 6.24. The highest BCUT2D eigenvalue weighted by atomic mass is 16.8. The average Bonchev–Trinajstić information content (AvgIpc) is 2.77. The Bertz CT molecular complexity index is 331. The maximum absolute atomic E-state index is 10.3. The predicted molar refractivity (Wildman–Crippen MR) is 68.6 cm³/mol. The molecule has 4 atom stereocenters. The minimum Gasteiger partial charge on any atom is -0.387 e. The van der Waals surface area contributed by atoms with Gasteiger partial charge in [0.05, 0.1) is 0 Å². The highest BCUT2D eigenvalue weighted by Crippen LogP contribution is 2.37. The Hall–Kier alpha value is -0.240. The van der Waals surface area contributed by atoms with Gasteiger partial charge in [0.15, 0.2) is 12.1 Å². The van der Waals surface area contributed by atoms with E-state index < -0.39 is 18.2 Å². The minimum atomic E-state index is -0.658. The van der Waals surface area contributed by atoms with Gasteiger partial charge in [-0.15, -0.1) is 0 Å². The average molecular weight is 272 g/mol. The van der Waals surface area contributed by atoms with Gasteiger partial charge in [-0.2, -0.15) is 0 Å². The van der Waals surface area contributed by atoms with E-state index in [9.17, 15) is 5.11 Å². The van der Waals surface area contributed by atoms with Gasteiger partial charge in [-0.1, -0.05) is 0 Å². The van der Waals surface area contributed by atoms with Crippen LogP contribution in [0.3, 0.4) is 0 Å². The number of ether oxygens (including phenoxy) is 3. The van der Waals surface area contributed by atoms with Gasteiger partial charge >= 0.3 is 0 Å². The highest BCUT2D eigenvalue weighted by Gasteiger charge is 2.54. The van der Waals surface area contributed by atoms with Gasteiger partial charge < -0.3 is 24.2 Å². The molecule has 3 rings (SSSR count). The lowest BCUT2D eigenvalue weighted by Gasteiger charge is -2.34. The van der Waals surface area contributed by atoms with Crippen LogP contribution in [0.15, 0.2) is 0 Å². The van der Waals surface area contributed by atoms with E-state index in [2.05, 4.69) is 16.8 Å². The predicted octanol–water partition coefficient (Wildman–Crippen LogP) is -0.529. The summed E-state index contributed by atoms with van der Waals surface area (Å²) in [5.74, 6) is -0.658. The molecule has 19 heavy (non-hydrogen) atoms. The van der Waals surface area contributed by atoms with Crippen LogP contribution in [-0.4, -0.2) is 85.1 Å². The van der Waals surface area contributed by atoms with Crippen molar-refractivity contribution < 1.29 is 19.3 Å². The summed E-state index contributed by atoms with van der Waals surface area (Å²) >= 11 is 0. The molecule has 6 heteroatoms. The first-order chi connectivity index (χ1) is 8.94. The molecule has 0 spiro atoms. The molecular weight excluding hydrogens is 248 g/mol. The summed E-state index contributed by atoms with van der Waals surface area (Å²) in [7, 11) is 2.13. The van der Waals surface area contributed by atoms with Crippen LogP contribution in [-0.2, 0) is 14.2 Å². The lowest BCUT2D eigenvalue weighted by Crippen LogP contribution is -2.49. The molecule has 110 valence electrons. The molecule has 3 aliphatic heterocycles. The van der Waals surface area contributed by atoms with Gasteiger partial charge in [0, 0.05) is 32.7 Å². The number of piperazine rings is 1. The molecule has 1 N–H and O–H groups in total. The highest BCUT2D eigenvalue weighted by molar-refractivity contribution is 4.94. The first kappa shape index (κ1) is 13.7. The number of fused-ring (bicyclic) bond motifs is 1. The molecule has 0 amide bonds. The van der Waals surface area contributed by atoms with Crippen LogP contribution in [0.4, 0.5) is 0 Å². The van der Waals surface area contributed by atoms with Crippen molar-refractivity contribution in [1.82, 2.24) is 9.80 Å². The molecule has 3 aliphatic rings. The van der Waals surface area contributed by atoms with Gasteiger partial charge in [0.2, 0.25) is 0 Å². The summed E-state index contributed by atoms with van der Waals surface area (Å²) in [5, 5.41) is 10.3. The van der Waals surface area contributed by atoms with Crippen molar-refractivity contribution >= 4 is 0 Å². The minimum absolute atomic E-state index is 0.213. The molecule has 0 aromatic carbocycles. The molecule has 0 aromatic heterocycles. The Morgan fingerprint density at radius 2 is 1.84 bits per heavy atom. The second kappa shape index (κ2) is 4.95. The van der Waals surface area contributed by atoms with Crippen LogP contribution in [0.5, 0.6) is 0 Å². The quantitative estimate of drug-likeness (QED) is 0.729. The Morgan fingerprint density at radius 3 is 2.47 bits per heavy atom. The first-order valence-electron chi connectivity index (χ1n) is 7.05. The van der Waals surface area contributed by atoms with Crippen LogP contribution >= 0.6 is 0 Å². The molecule has 0 aromatic rings. The van der Waals surface area contributed by atoms with Crippen LogP contribution in [0.2, 0.25) is 0 Å². The second-order valence-electron chi connectivity index (χ2n) is 6.24. The van der Waals surface area contributed by atoms with Gasteiger partial charge in [0.25, 0.3) is 0 Å². The van der Waals surface area contributed by atoms with Gasteiger partial charge in [0.1, 0.15) is 18.3 Å². The fraction of sp³-hybridized carbons (Fsp3) is 1.00. The van der Waals surface area contributed by atoms with Gasteiger partial charge in [-0.3, -0.25) is 4.90 Å². The SMILES string of the molecule is CN1CCN(C[C@H]2O[C@@H]3OC(C)(C)O[C@@H]3[C@H]2O)CC1. The molecular formula is C13H24N2O4. The van der Waals surface area contributed by atoms with Crippen molar-refractivity contribution in [3.05, 3.63) is 0 Å². The van der Waals surface area contributed by atoms with Crippen molar-refractivity contribution in [2.45, 2.75) is 44.2 Å². The molecule has 0 aliphatic carbocycles. The number of aliphatic hydroxyl groups excluding tert-OH is 1. The van der Waals surface area contributed by atoms with E-state index in [1.807, 2.05) is 13.8 Å². The normalized spacial score (nSPS) is 43.6. The maximum atomic E-state index is 10.3. The number of likely N-dealkylation sites (N-methyl/N-ethyl adjacent to an activating group) is 1. The number of hydrogen-bond acceptors (Lipinski definition) is 6. The molecule has 3 fully saturated rings. The van der Waals surface area contributed by atoms with E-state index in [0.29, 0.717) is 0 Å². The third-order valence-corrected chi connectivity index (χ3v) is 4.15. The van der Waals surface area contributed by atoms with E-state index >= 15 is 0 Å². The third-order valence-electron chi connectivity index (χ3n) is 4.15. The molecule has 6 nitrogen and oxygen atoms in total. The summed E-state index contributed by atoms with van der Waals surface area (Å²) in [5.41, 5.74) is 0. The number of hydrogen-bond donors (Lipinski definition) is 1. The monoisotopic (exact) mass is 272 g/mol. The Labute approximate surface area is 114 Å². The third kappa shape index (κ3) is 2.79. The molecule has 3 heterocycles. The molecule has 0 bridgehead atoms. The number of aliphatic hydroxyl groups is 1. The standard InChI is InChI=1S/C13H24N2O4/c1-13(2)18-11-10(16)9(17-12(11)19-13)8-15-6-4-14(3)5-7-15/h9-12,16H,4-8H2,1-3H3/t9-,10+,11-,12-/m1/s1. The van der Waals surface area contributed by atoms with Gasteiger partial charge in [-0.05, 0) is 20.9 Å². The van der Waals surface area contributed by atoms with Gasteiger partial charge in [-0.25, -0.2) is 0 Å². The first-order valence-corrected chi connectivity index (χ1v) is 7.05. The van der Waals surface area contributed by atoms with Crippen molar-refractivity contribution in [2.24, 2.45) is 0 Å². The van der Waals surface area contributed by atoms with Crippen LogP contribution < -0.4 is 0 Å². The Morgan fingerprint density at radius 1 is 1.16 bits per heavy atom. The fourth-order valence-corrected chi connectivity index (χ4v) is 2.99. The molecule has 3 saturated heterocycles. The lowest BCUT2D eigenvalue weighted by molar-refractivity contribution is -0.216. The van der Waals surface area contributed by atoms with E-state index in [0.717, 1.165) is 32.7 Å². The topological polar surface area (TPSA) is 54.4 Å². The molecule has 0 unspecified atom stereocenters. The zero-order valence-corrected chi connectivity index (χ0v) is 11.9.